The van der Waals surface area contributed by atoms with Crippen LogP contribution in [0.1, 0.15) is 31.2 Å². The van der Waals surface area contributed by atoms with Gasteiger partial charge in [0.2, 0.25) is 5.91 Å². The Bertz CT molecular complexity index is 669. The summed E-state index contributed by atoms with van der Waals surface area (Å²) in [4.78, 5) is 13.2. The van der Waals surface area contributed by atoms with Gasteiger partial charge in [0.1, 0.15) is 0 Å². The van der Waals surface area contributed by atoms with Gasteiger partial charge < -0.3 is 20.1 Å². The van der Waals surface area contributed by atoms with Gasteiger partial charge in [-0.25, -0.2) is 0 Å². The van der Waals surface area contributed by atoms with Crippen molar-refractivity contribution in [2.75, 3.05) is 46.1 Å². The lowest BCUT2D eigenvalue weighted by Crippen LogP contribution is -2.54. The Kier molecular flexibility index (Phi) is 5.74. The molecule has 3 fully saturated rings. The number of ether oxygens (including phenoxy) is 2. The van der Waals surface area contributed by atoms with Crippen LogP contribution in [0.5, 0.6) is 0 Å². The normalized spacial score (nSPS) is 30.3. The van der Waals surface area contributed by atoms with Gasteiger partial charge in [-0.1, -0.05) is 29.8 Å². The highest BCUT2D eigenvalue weighted by molar-refractivity contribution is 6.31. The topological polar surface area (TPSA) is 59.6 Å². The molecule has 6 heteroatoms. The fourth-order valence-electron chi connectivity index (χ4n) is 5.01. The van der Waals surface area contributed by atoms with E-state index in [1.807, 2.05) is 18.2 Å². The van der Waals surface area contributed by atoms with E-state index >= 15 is 0 Å². The fourth-order valence-corrected chi connectivity index (χ4v) is 5.35. The van der Waals surface area contributed by atoms with E-state index in [0.29, 0.717) is 26.4 Å². The van der Waals surface area contributed by atoms with Gasteiger partial charge in [-0.3, -0.25) is 4.79 Å². The molecule has 1 amide bonds. The van der Waals surface area contributed by atoms with Gasteiger partial charge in [0.15, 0.2) is 0 Å². The summed E-state index contributed by atoms with van der Waals surface area (Å²) in [5, 5.41) is 7.46. The molecule has 1 aromatic carbocycles. The summed E-state index contributed by atoms with van der Waals surface area (Å²) in [7, 11) is 0. The summed E-state index contributed by atoms with van der Waals surface area (Å²) in [5.74, 6) is 0.113. The number of nitrogens with one attached hydrogen (secondary N) is 2. The van der Waals surface area contributed by atoms with E-state index in [9.17, 15) is 4.79 Å². The van der Waals surface area contributed by atoms with Crippen LogP contribution in [0.25, 0.3) is 0 Å². The molecule has 148 valence electrons. The minimum Gasteiger partial charge on any atom is -0.381 e. The molecule has 0 bridgehead atoms. The Morgan fingerprint density at radius 1 is 1.15 bits per heavy atom. The first kappa shape index (κ1) is 19.2. The van der Waals surface area contributed by atoms with Crippen LogP contribution in [0.4, 0.5) is 0 Å². The van der Waals surface area contributed by atoms with Crippen LogP contribution < -0.4 is 10.6 Å². The number of halogens is 1. The molecule has 3 saturated heterocycles. The van der Waals surface area contributed by atoms with Crippen LogP contribution in [-0.2, 0) is 19.7 Å². The molecule has 5 nitrogen and oxygen atoms in total. The molecular formula is C21H29ClN2O3. The molecule has 2 N–H and O–H groups in total. The minimum absolute atomic E-state index is 0.00254. The quantitative estimate of drug-likeness (QED) is 0.826. The maximum absolute atomic E-state index is 13.2. The van der Waals surface area contributed by atoms with E-state index in [4.69, 9.17) is 21.1 Å². The summed E-state index contributed by atoms with van der Waals surface area (Å²) in [6.07, 6.45) is 3.73. The lowest BCUT2D eigenvalue weighted by atomic mass is 9.69. The summed E-state index contributed by atoms with van der Waals surface area (Å²) < 4.78 is 11.3. The van der Waals surface area contributed by atoms with Gasteiger partial charge in [0.25, 0.3) is 0 Å². The lowest BCUT2D eigenvalue weighted by molar-refractivity contribution is -0.131. The molecule has 4 rings (SSSR count). The van der Waals surface area contributed by atoms with Crippen LogP contribution in [0.2, 0.25) is 5.02 Å². The molecule has 0 aromatic heterocycles. The first-order chi connectivity index (χ1) is 13.2. The number of benzene rings is 1. The van der Waals surface area contributed by atoms with Crippen molar-refractivity contribution < 1.29 is 14.3 Å². The van der Waals surface area contributed by atoms with E-state index in [0.717, 1.165) is 56.0 Å². The maximum atomic E-state index is 13.2. The van der Waals surface area contributed by atoms with Crippen LogP contribution >= 0.6 is 11.6 Å². The van der Waals surface area contributed by atoms with E-state index in [1.165, 1.54) is 0 Å². The van der Waals surface area contributed by atoms with Crippen LogP contribution in [0.15, 0.2) is 24.3 Å². The van der Waals surface area contributed by atoms with Crippen molar-refractivity contribution in [2.24, 2.45) is 11.3 Å². The Balaban J connectivity index is 1.51. The number of carbonyl (C=O) groups excluding carboxylic acids is 1. The highest BCUT2D eigenvalue weighted by atomic mass is 35.5. The van der Waals surface area contributed by atoms with Gasteiger partial charge >= 0.3 is 0 Å². The number of carbonyl (C=O) groups is 1. The van der Waals surface area contributed by atoms with Crippen molar-refractivity contribution in [3.63, 3.8) is 0 Å². The number of hydrogen-bond donors (Lipinski definition) is 2. The van der Waals surface area contributed by atoms with Crippen LogP contribution in [0, 0.1) is 11.3 Å². The predicted molar refractivity (Wildman–Crippen MR) is 105 cm³/mol. The number of piperidine rings is 1. The Morgan fingerprint density at radius 3 is 2.67 bits per heavy atom. The second kappa shape index (κ2) is 8.08. The first-order valence-corrected chi connectivity index (χ1v) is 10.4. The molecule has 27 heavy (non-hydrogen) atoms. The molecule has 2 unspecified atom stereocenters. The van der Waals surface area contributed by atoms with Crippen molar-refractivity contribution in [3.8, 4) is 0 Å². The third-order valence-corrected chi connectivity index (χ3v) is 7.16. The smallest absolute Gasteiger partial charge is 0.225 e. The van der Waals surface area contributed by atoms with Crippen LogP contribution in [-0.4, -0.2) is 52.0 Å². The SMILES string of the molecule is O=C(NCC1(c2ccccc2Cl)CCOCC1)C1CNCCC12CCOC2. The van der Waals surface area contributed by atoms with Crippen molar-refractivity contribution in [2.45, 2.75) is 31.1 Å². The van der Waals surface area contributed by atoms with Crippen molar-refractivity contribution in [1.82, 2.24) is 10.6 Å². The first-order valence-electron chi connectivity index (χ1n) is 10.0. The summed E-state index contributed by atoms with van der Waals surface area (Å²) in [5.41, 5.74) is 0.965. The highest BCUT2D eigenvalue weighted by Gasteiger charge is 2.47. The fraction of sp³-hybridized carbons (Fsp3) is 0.667. The monoisotopic (exact) mass is 392 g/mol. The largest absolute Gasteiger partial charge is 0.381 e. The van der Waals surface area contributed by atoms with Crippen molar-refractivity contribution >= 4 is 17.5 Å². The summed E-state index contributed by atoms with van der Waals surface area (Å²) in [6.45, 7) is 5.17. The van der Waals surface area contributed by atoms with Gasteiger partial charge in [-0.2, -0.15) is 0 Å². The summed E-state index contributed by atoms with van der Waals surface area (Å²) in [6, 6.07) is 8.01. The van der Waals surface area contributed by atoms with Crippen molar-refractivity contribution in [1.29, 1.82) is 0 Å². The van der Waals surface area contributed by atoms with Gasteiger partial charge in [-0.15, -0.1) is 0 Å². The molecule has 0 saturated carbocycles. The van der Waals surface area contributed by atoms with Gasteiger partial charge in [0, 0.05) is 48.8 Å². The highest BCUT2D eigenvalue weighted by Crippen LogP contribution is 2.42. The van der Waals surface area contributed by atoms with Gasteiger partial charge in [0.05, 0.1) is 12.5 Å². The molecule has 0 radical (unpaired) electrons. The lowest BCUT2D eigenvalue weighted by Gasteiger charge is -2.42. The van der Waals surface area contributed by atoms with Crippen molar-refractivity contribution in [3.05, 3.63) is 34.9 Å². The Morgan fingerprint density at radius 2 is 1.93 bits per heavy atom. The molecule has 3 aliphatic heterocycles. The average Bonchev–Trinajstić information content (AvgIpc) is 3.16. The molecule has 1 spiro atoms. The number of hydrogen-bond acceptors (Lipinski definition) is 4. The molecule has 3 aliphatic rings. The number of amides is 1. The third-order valence-electron chi connectivity index (χ3n) is 6.83. The predicted octanol–water partition coefficient (Wildman–Crippen LogP) is 2.52. The zero-order valence-electron chi connectivity index (χ0n) is 15.8. The molecular weight excluding hydrogens is 364 g/mol. The molecule has 2 atom stereocenters. The molecule has 3 heterocycles. The van der Waals surface area contributed by atoms with E-state index in [-0.39, 0.29) is 22.7 Å². The van der Waals surface area contributed by atoms with E-state index in [1.54, 1.807) is 0 Å². The zero-order chi connectivity index (χ0) is 18.7. The van der Waals surface area contributed by atoms with E-state index in [2.05, 4.69) is 16.7 Å². The third kappa shape index (κ3) is 3.75. The average molecular weight is 393 g/mol. The Labute approximate surface area is 166 Å². The summed E-state index contributed by atoms with van der Waals surface area (Å²) >= 11 is 6.53. The molecule has 1 aromatic rings. The second-order valence-electron chi connectivity index (χ2n) is 8.26. The Hall–Kier alpha value is -1.14. The zero-order valence-corrected chi connectivity index (χ0v) is 16.5. The van der Waals surface area contributed by atoms with Gasteiger partial charge in [-0.05, 0) is 43.9 Å². The molecule has 0 aliphatic carbocycles. The minimum atomic E-state index is -0.159. The second-order valence-corrected chi connectivity index (χ2v) is 8.67. The number of rotatable bonds is 4. The van der Waals surface area contributed by atoms with Crippen LogP contribution in [0.3, 0.4) is 0 Å². The standard InChI is InChI=1S/C21H29ClN2O3/c22-18-4-2-1-3-16(18)20(6-10-26-11-7-20)14-24-19(25)17-13-23-9-5-21(17)8-12-27-15-21/h1-4,17,23H,5-15H2,(H,24,25). The maximum Gasteiger partial charge on any atom is 0.225 e. The van der Waals surface area contributed by atoms with E-state index < -0.39 is 0 Å².